The van der Waals surface area contributed by atoms with Gasteiger partial charge in [0.05, 0.1) is 11.4 Å². The molecule has 0 atom stereocenters. The second kappa shape index (κ2) is 7.97. The first kappa shape index (κ1) is 18.5. The van der Waals surface area contributed by atoms with E-state index in [2.05, 4.69) is 10.4 Å². The van der Waals surface area contributed by atoms with E-state index in [-0.39, 0.29) is 12.3 Å². The van der Waals surface area contributed by atoms with Crippen molar-refractivity contribution in [3.05, 3.63) is 81.6 Å². The predicted molar refractivity (Wildman–Crippen MR) is 104 cm³/mol. The van der Waals surface area contributed by atoms with Gasteiger partial charge in [-0.15, -0.1) is 0 Å². The van der Waals surface area contributed by atoms with Crippen molar-refractivity contribution in [2.45, 2.75) is 13.5 Å². The highest BCUT2D eigenvalue weighted by Gasteiger charge is 2.12. The number of hydrogen-bond acceptors (Lipinski definition) is 4. The van der Waals surface area contributed by atoms with E-state index in [0.717, 1.165) is 10.2 Å². The van der Waals surface area contributed by atoms with Crippen molar-refractivity contribution in [2.24, 2.45) is 0 Å². The second-order valence-corrected chi connectivity index (χ2v) is 6.31. The molecule has 0 aliphatic carbocycles. The number of aromatic nitrogens is 2. The Morgan fingerprint density at radius 2 is 1.74 bits per heavy atom. The fraction of sp³-hybridized carbons (Fsp3) is 0.100. The standard InChI is InChI=1S/C20H16ClN3O3/c1-13(25)16-4-2-3-5-18(16)22-19(26)12-24-20(27)11-10-17(23-24)14-6-8-15(21)9-7-14/h2-11H,12H2,1H3,(H,22,26). The molecule has 6 nitrogen and oxygen atoms in total. The van der Waals surface area contributed by atoms with Gasteiger partial charge in [-0.25, -0.2) is 4.68 Å². The summed E-state index contributed by atoms with van der Waals surface area (Å²) in [4.78, 5) is 36.1. The molecule has 1 amide bonds. The van der Waals surface area contributed by atoms with Crippen molar-refractivity contribution < 1.29 is 9.59 Å². The third-order valence-electron chi connectivity index (χ3n) is 3.88. The first-order valence-corrected chi connectivity index (χ1v) is 8.56. The number of Topliss-reactive ketones (excluding diaryl/α,β-unsaturated/α-hetero) is 1. The third-order valence-corrected chi connectivity index (χ3v) is 4.13. The van der Waals surface area contributed by atoms with E-state index in [1.165, 1.54) is 13.0 Å². The molecule has 1 heterocycles. The molecule has 1 aromatic heterocycles. The van der Waals surface area contributed by atoms with Crippen molar-refractivity contribution in [3.8, 4) is 11.3 Å². The minimum atomic E-state index is -0.452. The van der Waals surface area contributed by atoms with Crippen LogP contribution in [0.2, 0.25) is 5.02 Å². The van der Waals surface area contributed by atoms with Crippen LogP contribution in [-0.2, 0) is 11.3 Å². The summed E-state index contributed by atoms with van der Waals surface area (Å²) in [5.74, 6) is -0.613. The van der Waals surface area contributed by atoms with Gasteiger partial charge < -0.3 is 5.32 Å². The van der Waals surface area contributed by atoms with Crippen LogP contribution in [-0.4, -0.2) is 21.5 Å². The predicted octanol–water partition coefficient (Wildman–Crippen LogP) is 3.41. The van der Waals surface area contributed by atoms with Crippen LogP contribution in [0.3, 0.4) is 0 Å². The van der Waals surface area contributed by atoms with E-state index in [4.69, 9.17) is 11.6 Å². The number of nitrogens with zero attached hydrogens (tertiary/aromatic N) is 2. The van der Waals surface area contributed by atoms with Crippen LogP contribution in [0.25, 0.3) is 11.3 Å². The van der Waals surface area contributed by atoms with Crippen molar-refractivity contribution in [2.75, 3.05) is 5.32 Å². The molecule has 1 N–H and O–H groups in total. The summed E-state index contributed by atoms with van der Waals surface area (Å²) >= 11 is 5.88. The number of rotatable bonds is 5. The van der Waals surface area contributed by atoms with Gasteiger partial charge in [-0.2, -0.15) is 5.10 Å². The lowest BCUT2D eigenvalue weighted by Crippen LogP contribution is -2.29. The van der Waals surface area contributed by atoms with Gasteiger partial charge in [0.1, 0.15) is 6.54 Å². The molecule has 0 unspecified atom stereocenters. The molecule has 2 aromatic carbocycles. The average molecular weight is 382 g/mol. The minimum absolute atomic E-state index is 0.161. The lowest BCUT2D eigenvalue weighted by molar-refractivity contribution is -0.117. The first-order valence-electron chi connectivity index (χ1n) is 8.18. The highest BCUT2D eigenvalue weighted by Crippen LogP contribution is 2.18. The lowest BCUT2D eigenvalue weighted by Gasteiger charge is -2.10. The molecule has 3 aromatic rings. The zero-order valence-corrected chi connectivity index (χ0v) is 15.2. The van der Waals surface area contributed by atoms with Gasteiger partial charge >= 0.3 is 0 Å². The Hall–Kier alpha value is -3.25. The van der Waals surface area contributed by atoms with E-state index in [0.29, 0.717) is 22.0 Å². The van der Waals surface area contributed by atoms with Gasteiger partial charge in [0.2, 0.25) is 5.91 Å². The minimum Gasteiger partial charge on any atom is -0.324 e. The fourth-order valence-electron chi connectivity index (χ4n) is 2.56. The molecule has 0 fully saturated rings. The number of nitrogens with one attached hydrogen (secondary N) is 1. The molecule has 0 radical (unpaired) electrons. The van der Waals surface area contributed by atoms with Gasteiger partial charge in [0, 0.05) is 22.2 Å². The van der Waals surface area contributed by atoms with Gasteiger partial charge in [-0.3, -0.25) is 14.4 Å². The number of amides is 1. The summed E-state index contributed by atoms with van der Waals surface area (Å²) in [6, 6.07) is 16.6. The number of para-hydroxylation sites is 1. The van der Waals surface area contributed by atoms with E-state index >= 15 is 0 Å². The number of halogens is 1. The van der Waals surface area contributed by atoms with Crippen LogP contribution in [0.1, 0.15) is 17.3 Å². The molecular weight excluding hydrogens is 366 g/mol. The van der Waals surface area contributed by atoms with Crippen molar-refractivity contribution in [1.29, 1.82) is 0 Å². The first-order chi connectivity index (χ1) is 12.9. The molecule has 0 aliphatic rings. The van der Waals surface area contributed by atoms with E-state index in [1.54, 1.807) is 54.6 Å². The Morgan fingerprint density at radius 1 is 1.04 bits per heavy atom. The summed E-state index contributed by atoms with van der Waals surface area (Å²) in [6.07, 6.45) is 0. The number of carbonyl (C=O) groups is 2. The largest absolute Gasteiger partial charge is 0.324 e. The van der Waals surface area contributed by atoms with Gasteiger partial charge in [-0.05, 0) is 37.3 Å². The molecule has 0 spiro atoms. The maximum atomic E-state index is 12.4. The molecule has 7 heteroatoms. The Morgan fingerprint density at radius 3 is 2.44 bits per heavy atom. The highest BCUT2D eigenvalue weighted by atomic mass is 35.5. The summed E-state index contributed by atoms with van der Waals surface area (Å²) < 4.78 is 1.08. The molecule has 0 aliphatic heterocycles. The van der Waals surface area contributed by atoms with Crippen LogP contribution in [0.15, 0.2) is 65.5 Å². The van der Waals surface area contributed by atoms with E-state index in [1.807, 2.05) is 0 Å². The quantitative estimate of drug-likeness (QED) is 0.687. The normalized spacial score (nSPS) is 10.4. The Bertz CT molecular complexity index is 1060. The van der Waals surface area contributed by atoms with Gasteiger partial charge in [-0.1, -0.05) is 35.9 Å². The van der Waals surface area contributed by atoms with Crippen LogP contribution < -0.4 is 10.9 Å². The van der Waals surface area contributed by atoms with Crippen LogP contribution in [0.5, 0.6) is 0 Å². The monoisotopic (exact) mass is 381 g/mol. The van der Waals surface area contributed by atoms with Gasteiger partial charge in [0.25, 0.3) is 5.56 Å². The van der Waals surface area contributed by atoms with Crippen LogP contribution in [0.4, 0.5) is 5.69 Å². The molecule has 3 rings (SSSR count). The van der Waals surface area contributed by atoms with Gasteiger partial charge in [0.15, 0.2) is 5.78 Å². The zero-order chi connectivity index (χ0) is 19.4. The SMILES string of the molecule is CC(=O)c1ccccc1NC(=O)Cn1nc(-c2ccc(Cl)cc2)ccc1=O. The molecule has 0 saturated heterocycles. The number of anilines is 1. The number of ketones is 1. The van der Waals surface area contributed by atoms with Crippen molar-refractivity contribution >= 4 is 29.0 Å². The number of benzene rings is 2. The smallest absolute Gasteiger partial charge is 0.267 e. The topological polar surface area (TPSA) is 81.1 Å². The summed E-state index contributed by atoms with van der Waals surface area (Å²) in [6.45, 7) is 1.15. The van der Waals surface area contributed by atoms with Crippen LogP contribution in [0, 0.1) is 0 Å². The summed E-state index contributed by atoms with van der Waals surface area (Å²) in [5.41, 5.74) is 1.72. The molecule has 27 heavy (non-hydrogen) atoms. The van der Waals surface area contributed by atoms with Crippen molar-refractivity contribution in [1.82, 2.24) is 9.78 Å². The maximum Gasteiger partial charge on any atom is 0.267 e. The van der Waals surface area contributed by atoms with E-state index in [9.17, 15) is 14.4 Å². The number of carbonyl (C=O) groups excluding carboxylic acids is 2. The summed E-state index contributed by atoms with van der Waals surface area (Å²) in [7, 11) is 0. The average Bonchev–Trinajstić information content (AvgIpc) is 2.64. The Balaban J connectivity index is 1.82. The fourth-order valence-corrected chi connectivity index (χ4v) is 2.69. The maximum absolute atomic E-state index is 12.4. The van der Waals surface area contributed by atoms with Crippen molar-refractivity contribution in [3.63, 3.8) is 0 Å². The van der Waals surface area contributed by atoms with E-state index < -0.39 is 11.5 Å². The molecular formula is C20H16ClN3O3. The van der Waals surface area contributed by atoms with Crippen LogP contribution >= 0.6 is 11.6 Å². The third kappa shape index (κ3) is 4.48. The Labute approximate surface area is 160 Å². The number of hydrogen-bond donors (Lipinski definition) is 1. The Kier molecular flexibility index (Phi) is 5.47. The summed E-state index contributed by atoms with van der Waals surface area (Å²) in [5, 5.41) is 7.50. The zero-order valence-electron chi connectivity index (χ0n) is 14.5. The highest BCUT2D eigenvalue weighted by molar-refractivity contribution is 6.30. The molecule has 136 valence electrons. The molecule has 0 bridgehead atoms. The second-order valence-electron chi connectivity index (χ2n) is 5.87. The lowest BCUT2D eigenvalue weighted by atomic mass is 10.1. The molecule has 0 saturated carbocycles.